The number of likely N-dealkylation sites (N-methyl/N-ethyl adjacent to an activating group) is 1. The number of halogens is 1. The first-order valence-electron chi connectivity index (χ1n) is 8.72. The molecule has 0 radical (unpaired) electrons. The molecule has 2 rings (SSSR count). The monoisotopic (exact) mass is 379 g/mol. The van der Waals surface area contributed by atoms with Crippen LogP contribution in [0.1, 0.15) is 34.1 Å². The first kappa shape index (κ1) is 20.2. The molecule has 7 heteroatoms. The van der Waals surface area contributed by atoms with Gasteiger partial charge in [0.2, 0.25) is 17.7 Å². The Kier molecular flexibility index (Phi) is 6.29. The summed E-state index contributed by atoms with van der Waals surface area (Å²) in [5.41, 5.74) is 0.564. The van der Waals surface area contributed by atoms with E-state index >= 15 is 0 Å². The molecule has 0 aliphatic carbocycles. The van der Waals surface area contributed by atoms with E-state index in [4.69, 9.17) is 11.6 Å². The molecule has 0 bridgehead atoms. The Labute approximate surface area is 159 Å². The van der Waals surface area contributed by atoms with E-state index in [0.29, 0.717) is 23.7 Å². The van der Waals surface area contributed by atoms with Gasteiger partial charge in [0.15, 0.2) is 0 Å². The number of rotatable bonds is 5. The quantitative estimate of drug-likeness (QED) is 0.790. The molecule has 3 amide bonds. The summed E-state index contributed by atoms with van der Waals surface area (Å²) in [6, 6.07) is 6.91. The van der Waals surface area contributed by atoms with E-state index in [9.17, 15) is 14.4 Å². The van der Waals surface area contributed by atoms with E-state index in [1.165, 1.54) is 4.90 Å². The average Bonchev–Trinajstić information content (AvgIpc) is 2.93. The Bertz CT molecular complexity index is 682. The molecule has 0 N–H and O–H groups in total. The molecule has 26 heavy (non-hydrogen) atoms. The van der Waals surface area contributed by atoms with Crippen LogP contribution in [0.5, 0.6) is 0 Å². The van der Waals surface area contributed by atoms with E-state index in [1.807, 2.05) is 27.7 Å². The molecule has 0 aromatic heterocycles. The van der Waals surface area contributed by atoms with Gasteiger partial charge in [0, 0.05) is 23.7 Å². The molecule has 142 valence electrons. The minimum atomic E-state index is -0.223. The molecule has 1 fully saturated rings. The molecule has 0 unspecified atom stereocenters. The van der Waals surface area contributed by atoms with Crippen molar-refractivity contribution >= 4 is 35.0 Å². The van der Waals surface area contributed by atoms with Crippen molar-refractivity contribution in [3.63, 3.8) is 0 Å². The maximum absolute atomic E-state index is 12.6. The summed E-state index contributed by atoms with van der Waals surface area (Å²) in [7, 11) is 0. The van der Waals surface area contributed by atoms with Crippen molar-refractivity contribution in [3.05, 3.63) is 29.3 Å². The Morgan fingerprint density at radius 3 is 2.35 bits per heavy atom. The topological polar surface area (TPSA) is 60.9 Å². The van der Waals surface area contributed by atoms with Crippen LogP contribution in [0.3, 0.4) is 0 Å². The van der Waals surface area contributed by atoms with Gasteiger partial charge in [0.25, 0.3) is 0 Å². The molecule has 0 atom stereocenters. The Morgan fingerprint density at radius 1 is 1.19 bits per heavy atom. The van der Waals surface area contributed by atoms with Gasteiger partial charge in [0.05, 0.1) is 6.54 Å². The highest BCUT2D eigenvalue weighted by atomic mass is 35.5. The van der Waals surface area contributed by atoms with E-state index < -0.39 is 0 Å². The van der Waals surface area contributed by atoms with Crippen LogP contribution in [0.4, 0.5) is 5.69 Å². The lowest BCUT2D eigenvalue weighted by molar-refractivity contribution is -0.141. The average molecular weight is 380 g/mol. The number of benzene rings is 1. The molecule has 1 saturated heterocycles. The normalized spacial score (nSPS) is 14.7. The van der Waals surface area contributed by atoms with Crippen molar-refractivity contribution in [2.45, 2.75) is 34.1 Å². The van der Waals surface area contributed by atoms with Crippen LogP contribution in [0.15, 0.2) is 24.3 Å². The number of carbonyl (C=O) groups is 3. The van der Waals surface area contributed by atoms with E-state index in [0.717, 1.165) is 0 Å². The van der Waals surface area contributed by atoms with Gasteiger partial charge in [-0.2, -0.15) is 0 Å². The lowest BCUT2D eigenvalue weighted by atomic mass is 9.91. The van der Waals surface area contributed by atoms with Crippen molar-refractivity contribution in [3.8, 4) is 0 Å². The SMILES string of the molecule is CCN(CC(=O)N1CC(=O)N(c2ccc(Cl)cc2)C1)C(=O)CC(C)(C)C. The largest absolute Gasteiger partial charge is 0.334 e. The summed E-state index contributed by atoms with van der Waals surface area (Å²) in [6.07, 6.45) is 0.379. The fourth-order valence-electron chi connectivity index (χ4n) is 2.77. The number of hydrogen-bond donors (Lipinski definition) is 0. The van der Waals surface area contributed by atoms with Crippen LogP contribution in [0, 0.1) is 5.41 Å². The number of amides is 3. The highest BCUT2D eigenvalue weighted by Crippen LogP contribution is 2.22. The second-order valence-electron chi connectivity index (χ2n) is 7.68. The summed E-state index contributed by atoms with van der Waals surface area (Å²) in [5.74, 6) is -0.419. The standard InChI is InChI=1S/C19H26ClN3O3/c1-5-21(16(24)10-19(2,3)4)11-17(25)22-12-18(26)23(13-22)15-8-6-14(20)7-9-15/h6-9H,5,10-13H2,1-4H3. The summed E-state index contributed by atoms with van der Waals surface area (Å²) in [4.78, 5) is 41.8. The Morgan fingerprint density at radius 2 is 1.81 bits per heavy atom. The highest BCUT2D eigenvalue weighted by molar-refractivity contribution is 6.30. The maximum Gasteiger partial charge on any atom is 0.248 e. The van der Waals surface area contributed by atoms with Gasteiger partial charge in [0.1, 0.15) is 13.2 Å². The molecule has 0 spiro atoms. The smallest absolute Gasteiger partial charge is 0.248 e. The van der Waals surface area contributed by atoms with Crippen LogP contribution in [-0.2, 0) is 14.4 Å². The minimum Gasteiger partial charge on any atom is -0.334 e. The third-order valence-electron chi connectivity index (χ3n) is 4.17. The maximum atomic E-state index is 12.6. The van der Waals surface area contributed by atoms with E-state index in [2.05, 4.69) is 0 Å². The van der Waals surface area contributed by atoms with Gasteiger partial charge in [-0.15, -0.1) is 0 Å². The first-order chi connectivity index (χ1) is 12.1. The lowest BCUT2D eigenvalue weighted by Crippen LogP contribution is -2.43. The molecule has 1 heterocycles. The summed E-state index contributed by atoms with van der Waals surface area (Å²) in [5, 5.41) is 0.587. The van der Waals surface area contributed by atoms with Crippen molar-refractivity contribution < 1.29 is 14.4 Å². The molecular weight excluding hydrogens is 354 g/mol. The minimum absolute atomic E-state index is 0.00679. The fraction of sp³-hybridized carbons (Fsp3) is 0.526. The van der Waals surface area contributed by atoms with Gasteiger partial charge in [-0.3, -0.25) is 19.3 Å². The molecular formula is C19H26ClN3O3. The second-order valence-corrected chi connectivity index (χ2v) is 8.11. The van der Waals surface area contributed by atoms with Gasteiger partial charge in [-0.25, -0.2) is 0 Å². The molecule has 1 aliphatic rings. The Balaban J connectivity index is 2.00. The van der Waals surface area contributed by atoms with Gasteiger partial charge >= 0.3 is 0 Å². The molecule has 1 aliphatic heterocycles. The predicted octanol–water partition coefficient (Wildman–Crippen LogP) is 2.76. The zero-order valence-electron chi connectivity index (χ0n) is 15.8. The zero-order valence-corrected chi connectivity index (χ0v) is 16.5. The predicted molar refractivity (Wildman–Crippen MR) is 102 cm³/mol. The second kappa shape index (κ2) is 8.08. The number of carbonyl (C=O) groups excluding carboxylic acids is 3. The number of anilines is 1. The molecule has 6 nitrogen and oxygen atoms in total. The van der Waals surface area contributed by atoms with E-state index in [-0.39, 0.29) is 42.9 Å². The van der Waals surface area contributed by atoms with Gasteiger partial charge in [-0.05, 0) is 36.6 Å². The summed E-state index contributed by atoms with van der Waals surface area (Å²) in [6.45, 7) is 8.48. The molecule has 1 aromatic carbocycles. The summed E-state index contributed by atoms with van der Waals surface area (Å²) >= 11 is 5.88. The highest BCUT2D eigenvalue weighted by Gasteiger charge is 2.33. The Hall–Kier alpha value is -2.08. The van der Waals surface area contributed by atoms with E-state index in [1.54, 1.807) is 34.1 Å². The zero-order chi connectivity index (χ0) is 19.5. The van der Waals surface area contributed by atoms with Crippen molar-refractivity contribution in [1.82, 2.24) is 9.80 Å². The van der Waals surface area contributed by atoms with Crippen molar-refractivity contribution in [2.75, 3.05) is 31.2 Å². The number of nitrogens with zero attached hydrogens (tertiary/aromatic N) is 3. The number of hydrogen-bond acceptors (Lipinski definition) is 3. The van der Waals surface area contributed by atoms with Crippen LogP contribution in [-0.4, -0.2) is 53.8 Å². The third-order valence-corrected chi connectivity index (χ3v) is 4.42. The summed E-state index contributed by atoms with van der Waals surface area (Å²) < 4.78 is 0. The van der Waals surface area contributed by atoms with Gasteiger partial charge in [-0.1, -0.05) is 32.4 Å². The van der Waals surface area contributed by atoms with Crippen molar-refractivity contribution in [1.29, 1.82) is 0 Å². The molecule has 0 saturated carbocycles. The third kappa shape index (κ3) is 5.21. The van der Waals surface area contributed by atoms with Crippen LogP contribution in [0.25, 0.3) is 0 Å². The molecule has 1 aromatic rings. The van der Waals surface area contributed by atoms with Crippen molar-refractivity contribution in [2.24, 2.45) is 5.41 Å². The van der Waals surface area contributed by atoms with Crippen LogP contribution < -0.4 is 4.90 Å². The van der Waals surface area contributed by atoms with Crippen LogP contribution in [0.2, 0.25) is 5.02 Å². The van der Waals surface area contributed by atoms with Crippen LogP contribution >= 0.6 is 11.6 Å². The van der Waals surface area contributed by atoms with Gasteiger partial charge < -0.3 is 9.80 Å². The first-order valence-corrected chi connectivity index (χ1v) is 9.10. The fourth-order valence-corrected chi connectivity index (χ4v) is 2.89. The lowest BCUT2D eigenvalue weighted by Gasteiger charge is -2.27.